The number of hydrogen-bond donors (Lipinski definition) is 1. The monoisotopic (exact) mass is 197 g/mol. The molecule has 1 saturated carbocycles. The van der Waals surface area contributed by atoms with Gasteiger partial charge in [0.05, 0.1) is 6.61 Å². The Bertz CT molecular complexity index is 145. The van der Waals surface area contributed by atoms with Crippen molar-refractivity contribution >= 4 is 0 Å². The van der Waals surface area contributed by atoms with Crippen molar-refractivity contribution in [3.63, 3.8) is 0 Å². The number of halogens is 3. The molecule has 1 aliphatic carbocycles. The van der Waals surface area contributed by atoms with Crippen LogP contribution in [0.15, 0.2) is 0 Å². The summed E-state index contributed by atoms with van der Waals surface area (Å²) in [5.74, 6) is 0.816. The zero-order chi connectivity index (χ0) is 9.73. The molecule has 78 valence electrons. The molecule has 0 aromatic carbocycles. The number of hydrogen-bond acceptors (Lipinski definition) is 2. The minimum Gasteiger partial charge on any atom is -0.314 e. The molecular weight excluding hydrogens is 183 g/mol. The van der Waals surface area contributed by atoms with Crippen LogP contribution in [0.3, 0.4) is 0 Å². The average molecular weight is 197 g/mol. The van der Waals surface area contributed by atoms with Gasteiger partial charge in [0.15, 0.2) is 0 Å². The third-order valence-electron chi connectivity index (χ3n) is 1.97. The lowest BCUT2D eigenvalue weighted by atomic mass is 10.3. The Hall–Kier alpha value is -0.290. The summed E-state index contributed by atoms with van der Waals surface area (Å²) in [4.78, 5) is 0. The van der Waals surface area contributed by atoms with Gasteiger partial charge < -0.3 is 5.32 Å². The molecule has 13 heavy (non-hydrogen) atoms. The van der Waals surface area contributed by atoms with E-state index in [9.17, 15) is 13.2 Å². The second kappa shape index (κ2) is 4.81. The van der Waals surface area contributed by atoms with E-state index in [-0.39, 0.29) is 13.2 Å². The maximum atomic E-state index is 11.5. The van der Waals surface area contributed by atoms with E-state index in [1.165, 1.54) is 12.8 Å². The lowest BCUT2D eigenvalue weighted by Crippen LogP contribution is -2.25. The van der Waals surface area contributed by atoms with E-state index in [0.29, 0.717) is 0 Å². The summed E-state index contributed by atoms with van der Waals surface area (Å²) in [5, 5.41) is 2.90. The molecule has 0 radical (unpaired) electrons. The van der Waals surface area contributed by atoms with E-state index in [2.05, 4.69) is 10.1 Å². The lowest BCUT2D eigenvalue weighted by molar-refractivity contribution is -0.323. The smallest absolute Gasteiger partial charge is 0.314 e. The number of nitrogens with one attached hydrogen (secondary N) is 1. The van der Waals surface area contributed by atoms with E-state index in [1.54, 1.807) is 0 Å². The Morgan fingerprint density at radius 1 is 1.23 bits per heavy atom. The van der Waals surface area contributed by atoms with Crippen molar-refractivity contribution in [2.24, 2.45) is 5.92 Å². The van der Waals surface area contributed by atoms with Crippen LogP contribution < -0.4 is 5.32 Å². The van der Waals surface area contributed by atoms with Crippen molar-refractivity contribution in [1.82, 2.24) is 5.32 Å². The van der Waals surface area contributed by atoms with Gasteiger partial charge in [0.25, 0.3) is 0 Å². The van der Waals surface area contributed by atoms with Crippen molar-refractivity contribution < 1.29 is 17.9 Å². The van der Waals surface area contributed by atoms with Gasteiger partial charge in [-0.3, -0.25) is 4.74 Å². The zero-order valence-corrected chi connectivity index (χ0v) is 7.36. The molecule has 0 spiro atoms. The third-order valence-corrected chi connectivity index (χ3v) is 1.97. The van der Waals surface area contributed by atoms with Crippen LogP contribution in [0, 0.1) is 5.92 Å². The van der Waals surface area contributed by atoms with Gasteiger partial charge in [0.2, 0.25) is 0 Å². The molecule has 0 aromatic heterocycles. The van der Waals surface area contributed by atoms with E-state index in [0.717, 1.165) is 18.9 Å². The Labute approximate surface area is 75.4 Å². The highest BCUT2D eigenvalue weighted by Gasteiger charge is 2.28. The summed E-state index contributed by atoms with van der Waals surface area (Å²) >= 11 is 0. The molecule has 0 aliphatic heterocycles. The predicted octanol–water partition coefficient (Wildman–Crippen LogP) is 1.91. The van der Waals surface area contributed by atoms with E-state index in [4.69, 9.17) is 0 Å². The molecule has 1 rings (SSSR count). The van der Waals surface area contributed by atoms with Crippen LogP contribution >= 0.6 is 0 Å². The largest absolute Gasteiger partial charge is 0.522 e. The first-order chi connectivity index (χ1) is 6.08. The second-order valence-corrected chi connectivity index (χ2v) is 3.28. The maximum absolute atomic E-state index is 11.5. The maximum Gasteiger partial charge on any atom is 0.522 e. The van der Waals surface area contributed by atoms with Gasteiger partial charge in [-0.05, 0) is 18.9 Å². The van der Waals surface area contributed by atoms with Gasteiger partial charge in [0.1, 0.15) is 0 Å². The molecule has 1 aliphatic rings. The molecule has 1 fully saturated rings. The molecule has 0 unspecified atom stereocenters. The molecule has 0 heterocycles. The Morgan fingerprint density at radius 3 is 2.46 bits per heavy atom. The van der Waals surface area contributed by atoms with Gasteiger partial charge in [-0.2, -0.15) is 0 Å². The summed E-state index contributed by atoms with van der Waals surface area (Å²) in [6, 6.07) is 0. The van der Waals surface area contributed by atoms with Gasteiger partial charge in [-0.15, -0.1) is 13.2 Å². The molecular formula is C8H14F3NO. The topological polar surface area (TPSA) is 21.3 Å². The molecule has 0 saturated heterocycles. The zero-order valence-electron chi connectivity index (χ0n) is 7.36. The molecule has 0 bridgehead atoms. The van der Waals surface area contributed by atoms with Crippen LogP contribution in [0.5, 0.6) is 0 Å². The molecule has 0 amide bonds. The normalized spacial score (nSPS) is 17.8. The van der Waals surface area contributed by atoms with Crippen molar-refractivity contribution in [2.75, 3.05) is 19.7 Å². The quantitative estimate of drug-likeness (QED) is 0.657. The van der Waals surface area contributed by atoms with E-state index in [1.807, 2.05) is 0 Å². The second-order valence-electron chi connectivity index (χ2n) is 3.28. The van der Waals surface area contributed by atoms with Gasteiger partial charge >= 0.3 is 6.36 Å². The number of rotatable bonds is 6. The lowest BCUT2D eigenvalue weighted by Gasteiger charge is -2.07. The number of alkyl halides is 3. The summed E-state index contributed by atoms with van der Waals surface area (Å²) in [6.07, 6.45) is -0.856. The van der Waals surface area contributed by atoms with Crippen LogP contribution in [0.25, 0.3) is 0 Å². The fourth-order valence-corrected chi connectivity index (χ4v) is 1.08. The van der Waals surface area contributed by atoms with Gasteiger partial charge in [0, 0.05) is 6.54 Å². The first-order valence-electron chi connectivity index (χ1n) is 4.49. The minimum absolute atomic E-state index is 0.270. The predicted molar refractivity (Wildman–Crippen MR) is 42.2 cm³/mol. The van der Waals surface area contributed by atoms with Gasteiger partial charge in [-0.1, -0.05) is 12.8 Å². The SMILES string of the molecule is FC(F)(F)OCCNCCC1CC1. The molecule has 1 N–H and O–H groups in total. The Morgan fingerprint density at radius 2 is 1.92 bits per heavy atom. The fraction of sp³-hybridized carbons (Fsp3) is 1.00. The highest BCUT2D eigenvalue weighted by molar-refractivity contribution is 4.73. The summed E-state index contributed by atoms with van der Waals surface area (Å²) in [6.45, 7) is 0.770. The fourth-order valence-electron chi connectivity index (χ4n) is 1.08. The molecule has 2 nitrogen and oxygen atoms in total. The van der Waals surface area contributed by atoms with Crippen molar-refractivity contribution in [2.45, 2.75) is 25.6 Å². The van der Waals surface area contributed by atoms with E-state index >= 15 is 0 Å². The first kappa shape index (κ1) is 10.8. The van der Waals surface area contributed by atoms with Crippen LogP contribution in [0.4, 0.5) is 13.2 Å². The third kappa shape index (κ3) is 6.83. The Balaban J connectivity index is 1.78. The minimum atomic E-state index is -4.49. The number of ether oxygens (including phenoxy) is 1. The van der Waals surface area contributed by atoms with Crippen molar-refractivity contribution in [3.05, 3.63) is 0 Å². The molecule has 0 atom stereocenters. The average Bonchev–Trinajstić information content (AvgIpc) is 2.77. The highest BCUT2D eigenvalue weighted by Crippen LogP contribution is 2.31. The molecule has 5 heteroatoms. The van der Waals surface area contributed by atoms with Crippen LogP contribution in [-0.4, -0.2) is 26.1 Å². The summed E-state index contributed by atoms with van der Waals surface area (Å²) < 4.78 is 37.9. The summed E-state index contributed by atoms with van der Waals surface area (Å²) in [5.41, 5.74) is 0. The molecule has 0 aromatic rings. The van der Waals surface area contributed by atoms with Crippen LogP contribution in [-0.2, 0) is 4.74 Å². The van der Waals surface area contributed by atoms with Crippen molar-refractivity contribution in [3.8, 4) is 0 Å². The van der Waals surface area contributed by atoms with Gasteiger partial charge in [-0.25, -0.2) is 0 Å². The first-order valence-corrected chi connectivity index (χ1v) is 4.49. The standard InChI is InChI=1S/C8H14F3NO/c9-8(10,11)13-6-5-12-4-3-7-1-2-7/h7,12H,1-6H2. The van der Waals surface area contributed by atoms with Crippen LogP contribution in [0.2, 0.25) is 0 Å². The highest BCUT2D eigenvalue weighted by atomic mass is 19.4. The van der Waals surface area contributed by atoms with Crippen molar-refractivity contribution in [1.29, 1.82) is 0 Å². The van der Waals surface area contributed by atoms with Crippen LogP contribution in [0.1, 0.15) is 19.3 Å². The Kier molecular flexibility index (Phi) is 3.99. The van der Waals surface area contributed by atoms with E-state index < -0.39 is 6.36 Å². The summed E-state index contributed by atoms with van der Waals surface area (Å²) in [7, 11) is 0.